The summed E-state index contributed by atoms with van der Waals surface area (Å²) in [5, 5.41) is 3.33. The predicted molar refractivity (Wildman–Crippen MR) is 93.3 cm³/mol. The number of rotatable bonds is 7. The highest BCUT2D eigenvalue weighted by molar-refractivity contribution is 5.85. The van der Waals surface area contributed by atoms with Crippen LogP contribution in [0.1, 0.15) is 16.7 Å². The number of benzene rings is 2. The smallest absolute Gasteiger partial charge is 0.123 e. The van der Waals surface area contributed by atoms with Crippen LogP contribution in [0.3, 0.4) is 0 Å². The Morgan fingerprint density at radius 2 is 1.83 bits per heavy atom. The normalized spacial score (nSPS) is 10.1. The standard InChI is InChI=1S/C18H22FNO2.ClH/c1-13-8-14(10-16(19)9-13)12-20-7-6-15-11-17(21-2)4-5-18(15)22-3;/h4-5,8-11,20H,6-7,12H2,1-3H3;1H. The van der Waals surface area contributed by atoms with E-state index in [2.05, 4.69) is 5.32 Å². The van der Waals surface area contributed by atoms with E-state index in [1.165, 1.54) is 6.07 Å². The first-order chi connectivity index (χ1) is 10.6. The number of hydrogen-bond acceptors (Lipinski definition) is 3. The van der Waals surface area contributed by atoms with Crippen LogP contribution in [0.2, 0.25) is 0 Å². The van der Waals surface area contributed by atoms with Gasteiger partial charge in [-0.1, -0.05) is 6.07 Å². The van der Waals surface area contributed by atoms with Crippen molar-refractivity contribution in [1.29, 1.82) is 0 Å². The lowest BCUT2D eigenvalue weighted by molar-refractivity contribution is 0.398. The third kappa shape index (κ3) is 5.73. The van der Waals surface area contributed by atoms with Gasteiger partial charge in [-0.05, 0) is 66.9 Å². The molecule has 0 fully saturated rings. The maximum Gasteiger partial charge on any atom is 0.123 e. The van der Waals surface area contributed by atoms with E-state index in [0.717, 1.165) is 41.2 Å². The van der Waals surface area contributed by atoms with E-state index in [0.29, 0.717) is 6.54 Å². The highest BCUT2D eigenvalue weighted by atomic mass is 35.5. The zero-order valence-corrected chi connectivity index (χ0v) is 14.5. The highest BCUT2D eigenvalue weighted by Gasteiger charge is 2.05. The molecule has 0 spiro atoms. The van der Waals surface area contributed by atoms with Crippen molar-refractivity contribution in [3.05, 3.63) is 58.9 Å². The van der Waals surface area contributed by atoms with Gasteiger partial charge in [0.25, 0.3) is 0 Å². The quantitative estimate of drug-likeness (QED) is 0.776. The van der Waals surface area contributed by atoms with Crippen molar-refractivity contribution in [1.82, 2.24) is 5.32 Å². The lowest BCUT2D eigenvalue weighted by Crippen LogP contribution is -2.17. The van der Waals surface area contributed by atoms with Crippen LogP contribution in [0, 0.1) is 12.7 Å². The van der Waals surface area contributed by atoms with Crippen molar-refractivity contribution in [3.63, 3.8) is 0 Å². The molecule has 0 saturated heterocycles. The molecule has 0 aliphatic carbocycles. The molecule has 0 bridgehead atoms. The molecular formula is C18H23ClFNO2. The molecule has 0 amide bonds. The minimum atomic E-state index is -0.189. The Balaban J connectivity index is 0.00000264. The number of ether oxygens (including phenoxy) is 2. The molecule has 0 aliphatic heterocycles. The first-order valence-electron chi connectivity index (χ1n) is 7.30. The fourth-order valence-corrected chi connectivity index (χ4v) is 2.45. The van der Waals surface area contributed by atoms with Crippen LogP contribution in [0.5, 0.6) is 11.5 Å². The zero-order valence-electron chi connectivity index (χ0n) is 13.7. The average molecular weight is 340 g/mol. The third-order valence-corrected chi connectivity index (χ3v) is 3.49. The van der Waals surface area contributed by atoms with Gasteiger partial charge in [0.05, 0.1) is 14.2 Å². The molecule has 23 heavy (non-hydrogen) atoms. The van der Waals surface area contributed by atoms with Gasteiger partial charge in [-0.15, -0.1) is 12.4 Å². The largest absolute Gasteiger partial charge is 0.497 e. The molecule has 0 aliphatic rings. The van der Waals surface area contributed by atoms with E-state index < -0.39 is 0 Å². The minimum Gasteiger partial charge on any atom is -0.497 e. The minimum absolute atomic E-state index is 0. The van der Waals surface area contributed by atoms with Crippen molar-refractivity contribution in [2.75, 3.05) is 20.8 Å². The van der Waals surface area contributed by atoms with Gasteiger partial charge in [-0.2, -0.15) is 0 Å². The molecule has 0 atom stereocenters. The summed E-state index contributed by atoms with van der Waals surface area (Å²) in [4.78, 5) is 0. The van der Waals surface area contributed by atoms with E-state index >= 15 is 0 Å². The lowest BCUT2D eigenvalue weighted by atomic mass is 10.1. The van der Waals surface area contributed by atoms with E-state index in [-0.39, 0.29) is 18.2 Å². The molecule has 0 unspecified atom stereocenters. The van der Waals surface area contributed by atoms with Crippen LogP contribution in [0.15, 0.2) is 36.4 Å². The molecule has 2 rings (SSSR count). The molecule has 0 heterocycles. The van der Waals surface area contributed by atoms with Crippen molar-refractivity contribution in [3.8, 4) is 11.5 Å². The van der Waals surface area contributed by atoms with Crippen LogP contribution in [-0.2, 0) is 13.0 Å². The maximum absolute atomic E-state index is 13.3. The third-order valence-electron chi connectivity index (χ3n) is 3.49. The zero-order chi connectivity index (χ0) is 15.9. The summed E-state index contributed by atoms with van der Waals surface area (Å²) >= 11 is 0. The summed E-state index contributed by atoms with van der Waals surface area (Å²) in [6, 6.07) is 10.8. The van der Waals surface area contributed by atoms with Gasteiger partial charge in [0.1, 0.15) is 17.3 Å². The number of methoxy groups -OCH3 is 2. The molecule has 0 saturated carbocycles. The first kappa shape index (κ1) is 19.3. The molecule has 0 aromatic heterocycles. The summed E-state index contributed by atoms with van der Waals surface area (Å²) in [7, 11) is 3.31. The number of hydrogen-bond donors (Lipinski definition) is 1. The first-order valence-corrected chi connectivity index (χ1v) is 7.30. The molecule has 3 nitrogen and oxygen atoms in total. The fraction of sp³-hybridized carbons (Fsp3) is 0.333. The lowest BCUT2D eigenvalue weighted by Gasteiger charge is -2.11. The van der Waals surface area contributed by atoms with Gasteiger partial charge >= 0.3 is 0 Å². The Morgan fingerprint density at radius 3 is 2.48 bits per heavy atom. The van der Waals surface area contributed by atoms with Crippen LogP contribution >= 0.6 is 12.4 Å². The van der Waals surface area contributed by atoms with Gasteiger partial charge in [0.2, 0.25) is 0 Å². The topological polar surface area (TPSA) is 30.5 Å². The number of nitrogens with one attached hydrogen (secondary N) is 1. The van der Waals surface area contributed by atoms with Crippen LogP contribution in [-0.4, -0.2) is 20.8 Å². The second-order valence-corrected chi connectivity index (χ2v) is 5.24. The fourth-order valence-electron chi connectivity index (χ4n) is 2.45. The average Bonchev–Trinajstić information content (AvgIpc) is 2.50. The van der Waals surface area contributed by atoms with Crippen molar-refractivity contribution < 1.29 is 13.9 Å². The maximum atomic E-state index is 13.3. The van der Waals surface area contributed by atoms with Gasteiger partial charge in [0, 0.05) is 6.54 Å². The van der Waals surface area contributed by atoms with Crippen LogP contribution in [0.25, 0.3) is 0 Å². The van der Waals surface area contributed by atoms with E-state index in [1.54, 1.807) is 20.3 Å². The van der Waals surface area contributed by atoms with Gasteiger partial charge in [-0.25, -0.2) is 4.39 Å². The summed E-state index contributed by atoms with van der Waals surface area (Å²) in [6.45, 7) is 3.32. The van der Waals surface area contributed by atoms with Gasteiger partial charge < -0.3 is 14.8 Å². The summed E-state index contributed by atoms with van der Waals surface area (Å²) in [5.74, 6) is 1.48. The second-order valence-electron chi connectivity index (χ2n) is 5.24. The van der Waals surface area contributed by atoms with Crippen molar-refractivity contribution >= 4 is 12.4 Å². The van der Waals surface area contributed by atoms with Crippen molar-refractivity contribution in [2.45, 2.75) is 19.9 Å². The molecule has 0 radical (unpaired) electrons. The Labute approximate surface area is 143 Å². The SMILES string of the molecule is COc1ccc(OC)c(CCNCc2cc(C)cc(F)c2)c1.Cl. The summed E-state index contributed by atoms with van der Waals surface area (Å²) < 4.78 is 23.9. The number of halogens is 2. The van der Waals surface area contributed by atoms with Crippen molar-refractivity contribution in [2.24, 2.45) is 0 Å². The molecule has 126 valence electrons. The van der Waals surface area contributed by atoms with Crippen LogP contribution in [0.4, 0.5) is 4.39 Å². The highest BCUT2D eigenvalue weighted by Crippen LogP contribution is 2.24. The molecule has 1 N–H and O–H groups in total. The Hall–Kier alpha value is -1.78. The Kier molecular flexibility index (Phi) is 7.86. The second kappa shape index (κ2) is 9.38. The van der Waals surface area contributed by atoms with E-state index in [1.807, 2.05) is 31.2 Å². The van der Waals surface area contributed by atoms with Gasteiger partial charge in [-0.3, -0.25) is 0 Å². The Bertz CT molecular complexity index is 614. The van der Waals surface area contributed by atoms with E-state index in [9.17, 15) is 4.39 Å². The summed E-state index contributed by atoms with van der Waals surface area (Å²) in [6.07, 6.45) is 0.814. The monoisotopic (exact) mass is 339 g/mol. The molecule has 5 heteroatoms. The molecule has 2 aromatic carbocycles. The molecular weight excluding hydrogens is 317 g/mol. The predicted octanol–water partition coefficient (Wildman–Crippen LogP) is 3.91. The van der Waals surface area contributed by atoms with E-state index in [4.69, 9.17) is 9.47 Å². The number of aryl methyl sites for hydroxylation is 1. The van der Waals surface area contributed by atoms with Gasteiger partial charge in [0.15, 0.2) is 0 Å². The van der Waals surface area contributed by atoms with Crippen LogP contribution < -0.4 is 14.8 Å². The molecule has 2 aromatic rings. The Morgan fingerprint density at radius 1 is 1.04 bits per heavy atom. The summed E-state index contributed by atoms with van der Waals surface area (Å²) in [5.41, 5.74) is 2.98.